The normalized spacial score (nSPS) is 10.2. The molecule has 1 amide bonds. The summed E-state index contributed by atoms with van der Waals surface area (Å²) in [6, 6.07) is 16.5. The Kier molecular flexibility index (Phi) is 5.43. The highest BCUT2D eigenvalue weighted by atomic mass is 19.1. The topological polar surface area (TPSA) is 63.2 Å². The predicted molar refractivity (Wildman–Crippen MR) is 99.5 cm³/mol. The summed E-state index contributed by atoms with van der Waals surface area (Å²) < 4.78 is 18.8. The monoisotopic (exact) mass is 351 g/mol. The van der Waals surface area contributed by atoms with Gasteiger partial charge in [-0.1, -0.05) is 18.2 Å². The molecule has 6 heteroatoms. The Bertz CT molecular complexity index is 898. The summed E-state index contributed by atoms with van der Waals surface area (Å²) in [7, 11) is 0. The smallest absolute Gasteiger partial charge is 0.256 e. The van der Waals surface area contributed by atoms with Crippen LogP contribution >= 0.6 is 0 Å². The second-order valence-corrected chi connectivity index (χ2v) is 5.45. The van der Waals surface area contributed by atoms with Crippen molar-refractivity contribution in [1.82, 2.24) is 4.98 Å². The summed E-state index contributed by atoms with van der Waals surface area (Å²) in [5.74, 6) is 0.249. The highest BCUT2D eigenvalue weighted by Crippen LogP contribution is 2.27. The first-order valence-corrected chi connectivity index (χ1v) is 8.17. The summed E-state index contributed by atoms with van der Waals surface area (Å²) >= 11 is 0. The average molecular weight is 351 g/mol. The van der Waals surface area contributed by atoms with Crippen molar-refractivity contribution in [3.63, 3.8) is 0 Å². The molecule has 0 radical (unpaired) electrons. The van der Waals surface area contributed by atoms with E-state index in [1.807, 2.05) is 31.2 Å². The molecule has 1 aromatic heterocycles. The lowest BCUT2D eigenvalue weighted by molar-refractivity contribution is 0.102. The molecular weight excluding hydrogens is 333 g/mol. The Morgan fingerprint density at radius 1 is 1.12 bits per heavy atom. The van der Waals surface area contributed by atoms with Gasteiger partial charge in [-0.15, -0.1) is 0 Å². The third-order valence-electron chi connectivity index (χ3n) is 3.56. The van der Waals surface area contributed by atoms with Gasteiger partial charge < -0.3 is 15.4 Å². The molecule has 0 aliphatic carbocycles. The number of carbonyl (C=O) groups excluding carboxylic acids is 1. The lowest BCUT2D eigenvalue weighted by atomic mass is 10.2. The maximum atomic E-state index is 13.2. The molecule has 3 rings (SSSR count). The van der Waals surface area contributed by atoms with Crippen molar-refractivity contribution in [2.75, 3.05) is 17.2 Å². The van der Waals surface area contributed by atoms with Gasteiger partial charge in [0.25, 0.3) is 5.91 Å². The molecule has 0 atom stereocenters. The van der Waals surface area contributed by atoms with Gasteiger partial charge in [-0.2, -0.15) is 0 Å². The number of nitrogens with one attached hydrogen (secondary N) is 2. The molecule has 0 aliphatic rings. The zero-order valence-corrected chi connectivity index (χ0v) is 14.2. The van der Waals surface area contributed by atoms with E-state index in [1.54, 1.807) is 24.4 Å². The minimum Gasteiger partial charge on any atom is -0.492 e. The second kappa shape index (κ2) is 8.11. The van der Waals surface area contributed by atoms with E-state index < -0.39 is 11.7 Å². The summed E-state index contributed by atoms with van der Waals surface area (Å²) in [5.41, 5.74) is 1.81. The summed E-state index contributed by atoms with van der Waals surface area (Å²) in [5, 5.41) is 5.87. The fraction of sp³-hybridized carbons (Fsp3) is 0.100. The van der Waals surface area contributed by atoms with Crippen LogP contribution in [0.2, 0.25) is 0 Å². The van der Waals surface area contributed by atoms with Crippen molar-refractivity contribution >= 4 is 23.1 Å². The van der Waals surface area contributed by atoms with Gasteiger partial charge in [0.15, 0.2) is 0 Å². The highest BCUT2D eigenvalue weighted by molar-refractivity contribution is 6.03. The van der Waals surface area contributed by atoms with Crippen LogP contribution in [-0.4, -0.2) is 17.5 Å². The predicted octanol–water partition coefficient (Wildman–Crippen LogP) is 4.62. The standard InChI is InChI=1S/C20H18FN3O2/c1-2-26-18-9-4-3-8-17(18)23-16-10-11-19(22-13-16)24-20(25)14-6-5-7-15(21)12-14/h3-13,23H,2H2,1H3,(H,22,24,25). The van der Waals surface area contributed by atoms with Crippen LogP contribution < -0.4 is 15.4 Å². The number of hydrogen-bond donors (Lipinski definition) is 2. The summed E-state index contributed by atoms with van der Waals surface area (Å²) in [6.45, 7) is 2.50. The van der Waals surface area contributed by atoms with E-state index >= 15 is 0 Å². The number of para-hydroxylation sites is 2. The van der Waals surface area contributed by atoms with E-state index in [0.29, 0.717) is 12.4 Å². The van der Waals surface area contributed by atoms with Crippen LogP contribution in [0.4, 0.5) is 21.6 Å². The molecule has 5 nitrogen and oxygen atoms in total. The molecule has 0 saturated carbocycles. The number of amides is 1. The number of halogens is 1. The molecule has 2 N–H and O–H groups in total. The van der Waals surface area contributed by atoms with Gasteiger partial charge in [0.2, 0.25) is 0 Å². The lowest BCUT2D eigenvalue weighted by Crippen LogP contribution is -2.13. The number of carbonyl (C=O) groups is 1. The fourth-order valence-corrected chi connectivity index (χ4v) is 2.37. The minimum absolute atomic E-state index is 0.236. The maximum Gasteiger partial charge on any atom is 0.256 e. The molecule has 2 aromatic carbocycles. The third kappa shape index (κ3) is 4.36. The molecule has 0 bridgehead atoms. The molecule has 0 fully saturated rings. The summed E-state index contributed by atoms with van der Waals surface area (Å²) in [6.07, 6.45) is 1.60. The van der Waals surface area contributed by atoms with Crippen molar-refractivity contribution in [2.24, 2.45) is 0 Å². The van der Waals surface area contributed by atoms with Gasteiger partial charge in [-0.05, 0) is 49.4 Å². The van der Waals surface area contributed by atoms with Crippen LogP contribution in [0.3, 0.4) is 0 Å². The molecule has 0 spiro atoms. The first-order valence-electron chi connectivity index (χ1n) is 8.17. The van der Waals surface area contributed by atoms with Gasteiger partial charge in [0, 0.05) is 5.56 Å². The summed E-state index contributed by atoms with van der Waals surface area (Å²) in [4.78, 5) is 16.3. The molecule has 0 unspecified atom stereocenters. The van der Waals surface area contributed by atoms with Crippen molar-refractivity contribution in [3.05, 3.63) is 78.2 Å². The van der Waals surface area contributed by atoms with Crippen LogP contribution in [0.5, 0.6) is 5.75 Å². The van der Waals surface area contributed by atoms with E-state index in [4.69, 9.17) is 4.74 Å². The quantitative estimate of drug-likeness (QED) is 0.680. The Hall–Kier alpha value is -3.41. The van der Waals surface area contributed by atoms with Crippen molar-refractivity contribution in [2.45, 2.75) is 6.92 Å². The zero-order chi connectivity index (χ0) is 18.4. The van der Waals surface area contributed by atoms with Crippen molar-refractivity contribution < 1.29 is 13.9 Å². The third-order valence-corrected chi connectivity index (χ3v) is 3.56. The van der Waals surface area contributed by atoms with Gasteiger partial charge in [-0.3, -0.25) is 4.79 Å². The molecule has 132 valence electrons. The second-order valence-electron chi connectivity index (χ2n) is 5.45. The van der Waals surface area contributed by atoms with Crippen LogP contribution in [0, 0.1) is 5.82 Å². The number of pyridine rings is 1. The van der Waals surface area contributed by atoms with Crippen molar-refractivity contribution in [3.8, 4) is 5.75 Å². The van der Waals surface area contributed by atoms with Crippen LogP contribution in [0.1, 0.15) is 17.3 Å². The molecule has 3 aromatic rings. The minimum atomic E-state index is -0.460. The molecule has 1 heterocycles. The van der Waals surface area contributed by atoms with E-state index in [1.165, 1.54) is 18.2 Å². The number of ether oxygens (including phenoxy) is 1. The van der Waals surface area contributed by atoms with Gasteiger partial charge in [0.05, 0.1) is 24.2 Å². The largest absolute Gasteiger partial charge is 0.492 e. The maximum absolute atomic E-state index is 13.2. The van der Waals surface area contributed by atoms with E-state index in [2.05, 4.69) is 15.6 Å². The Balaban J connectivity index is 1.68. The Morgan fingerprint density at radius 2 is 1.96 bits per heavy atom. The van der Waals surface area contributed by atoms with Crippen LogP contribution in [0.15, 0.2) is 66.9 Å². The molecule has 26 heavy (non-hydrogen) atoms. The number of nitrogens with zero attached hydrogens (tertiary/aromatic N) is 1. The first kappa shape index (κ1) is 17.4. The van der Waals surface area contributed by atoms with Gasteiger partial charge >= 0.3 is 0 Å². The van der Waals surface area contributed by atoms with E-state index in [9.17, 15) is 9.18 Å². The lowest BCUT2D eigenvalue weighted by Gasteiger charge is -2.12. The SMILES string of the molecule is CCOc1ccccc1Nc1ccc(NC(=O)c2cccc(F)c2)nc1. The molecule has 0 aliphatic heterocycles. The fourth-order valence-electron chi connectivity index (χ4n) is 2.37. The number of benzene rings is 2. The number of hydrogen-bond acceptors (Lipinski definition) is 4. The average Bonchev–Trinajstić information content (AvgIpc) is 2.65. The highest BCUT2D eigenvalue weighted by Gasteiger charge is 2.08. The molecular formula is C20H18FN3O2. The van der Waals surface area contributed by atoms with E-state index in [0.717, 1.165) is 17.1 Å². The number of aromatic nitrogens is 1. The van der Waals surface area contributed by atoms with E-state index in [-0.39, 0.29) is 5.56 Å². The Labute approximate surface area is 150 Å². The van der Waals surface area contributed by atoms with Crippen LogP contribution in [0.25, 0.3) is 0 Å². The number of rotatable bonds is 6. The number of anilines is 3. The van der Waals surface area contributed by atoms with Crippen LogP contribution in [-0.2, 0) is 0 Å². The molecule has 0 saturated heterocycles. The Morgan fingerprint density at radius 3 is 2.69 bits per heavy atom. The zero-order valence-electron chi connectivity index (χ0n) is 14.2. The van der Waals surface area contributed by atoms with Gasteiger partial charge in [0.1, 0.15) is 17.4 Å². The van der Waals surface area contributed by atoms with Gasteiger partial charge in [-0.25, -0.2) is 9.37 Å². The first-order chi connectivity index (χ1) is 12.7. The van der Waals surface area contributed by atoms with Crippen molar-refractivity contribution in [1.29, 1.82) is 0 Å².